The van der Waals surface area contributed by atoms with E-state index in [2.05, 4.69) is 13.8 Å². The second kappa shape index (κ2) is 20.3. The molecule has 5 nitrogen and oxygen atoms in total. The van der Waals surface area contributed by atoms with Crippen molar-refractivity contribution in [1.82, 2.24) is 0 Å². The zero-order chi connectivity index (χ0) is 26.7. The lowest BCUT2D eigenvalue weighted by molar-refractivity contribution is -0.197. The van der Waals surface area contributed by atoms with Gasteiger partial charge in [-0.2, -0.15) is 0 Å². The highest BCUT2D eigenvalue weighted by molar-refractivity contribution is 5.73. The summed E-state index contributed by atoms with van der Waals surface area (Å²) in [6.07, 6.45) is 20.0. The molecule has 1 aliphatic rings. The first-order valence-corrected chi connectivity index (χ1v) is 15.4. The zero-order valence-corrected chi connectivity index (χ0v) is 24.5. The van der Waals surface area contributed by atoms with Gasteiger partial charge in [0.2, 0.25) is 0 Å². The molecule has 0 aromatic carbocycles. The van der Waals surface area contributed by atoms with Gasteiger partial charge in [-0.1, -0.05) is 97.3 Å². The van der Waals surface area contributed by atoms with Gasteiger partial charge in [0, 0.05) is 13.0 Å². The highest BCUT2D eigenvalue weighted by atomic mass is 16.7. The summed E-state index contributed by atoms with van der Waals surface area (Å²) >= 11 is 0. The summed E-state index contributed by atoms with van der Waals surface area (Å²) < 4.78 is 17.9. The molecular weight excluding hydrogens is 452 g/mol. The minimum absolute atomic E-state index is 0.0896. The van der Waals surface area contributed by atoms with Crippen LogP contribution in [0.3, 0.4) is 0 Å². The van der Waals surface area contributed by atoms with Gasteiger partial charge in [0.05, 0.1) is 18.1 Å². The minimum atomic E-state index is -0.756. The van der Waals surface area contributed by atoms with E-state index in [0.29, 0.717) is 12.8 Å². The average Bonchev–Trinajstić information content (AvgIpc) is 2.82. The molecule has 5 heteroatoms. The molecule has 0 radical (unpaired) electrons. The van der Waals surface area contributed by atoms with Crippen molar-refractivity contribution in [2.24, 2.45) is 5.92 Å². The monoisotopic (exact) mass is 512 g/mol. The summed E-state index contributed by atoms with van der Waals surface area (Å²) in [6, 6.07) is 0. The molecule has 0 spiro atoms. The fourth-order valence-corrected chi connectivity index (χ4v) is 5.03. The third-order valence-electron chi connectivity index (χ3n) is 7.16. The van der Waals surface area contributed by atoms with Crippen LogP contribution in [0.15, 0.2) is 0 Å². The first-order valence-electron chi connectivity index (χ1n) is 15.4. The van der Waals surface area contributed by atoms with Crippen LogP contribution < -0.4 is 0 Å². The number of ether oxygens (including phenoxy) is 3. The van der Waals surface area contributed by atoms with Crippen LogP contribution >= 0.6 is 0 Å². The van der Waals surface area contributed by atoms with Crippen LogP contribution in [0.4, 0.5) is 0 Å². The standard InChI is InChI=1S/C31H60O5/c1-6-8-10-12-13-14-15-16-17-21-26(35-29-23-19-20-24-34-29)25-28(32)27(22-18-11-9-7-2)30(33)36-31(3,4)5/h26-29,32H,6-25H2,1-5H3/t26-,27?,28+,29?/m1/s1. The lowest BCUT2D eigenvalue weighted by Crippen LogP contribution is -2.38. The molecule has 2 unspecified atom stereocenters. The number of esters is 1. The summed E-state index contributed by atoms with van der Waals surface area (Å²) in [5, 5.41) is 11.3. The molecule has 214 valence electrons. The van der Waals surface area contributed by atoms with Gasteiger partial charge in [0.1, 0.15) is 5.60 Å². The third kappa shape index (κ3) is 17.0. The van der Waals surface area contributed by atoms with Crippen LogP contribution in [-0.4, -0.2) is 41.8 Å². The van der Waals surface area contributed by atoms with Gasteiger partial charge in [-0.3, -0.25) is 4.79 Å². The summed E-state index contributed by atoms with van der Waals surface area (Å²) in [7, 11) is 0. The highest BCUT2D eigenvalue weighted by Crippen LogP contribution is 2.27. The molecule has 0 saturated carbocycles. The Morgan fingerprint density at radius 3 is 1.97 bits per heavy atom. The van der Waals surface area contributed by atoms with Gasteiger partial charge in [0.25, 0.3) is 0 Å². The summed E-state index contributed by atoms with van der Waals surface area (Å²) in [6.45, 7) is 10.9. The van der Waals surface area contributed by atoms with Crippen LogP contribution in [0.2, 0.25) is 0 Å². The quantitative estimate of drug-likeness (QED) is 0.123. The normalized spacial score (nSPS) is 19.1. The van der Waals surface area contributed by atoms with E-state index < -0.39 is 17.6 Å². The molecule has 4 atom stereocenters. The predicted molar refractivity (Wildman–Crippen MR) is 149 cm³/mol. The molecule has 1 aliphatic heterocycles. The average molecular weight is 513 g/mol. The van der Waals surface area contributed by atoms with Gasteiger partial charge < -0.3 is 19.3 Å². The SMILES string of the molecule is CCCCCCCCCCC[C@H](C[C@H](O)C(CCCCCC)C(=O)OC(C)(C)C)OC1CCCCO1. The number of aliphatic hydroxyl groups excluding tert-OH is 1. The Kier molecular flexibility index (Phi) is 18.8. The number of carbonyl (C=O) groups excluding carboxylic acids is 1. The fraction of sp³-hybridized carbons (Fsp3) is 0.968. The van der Waals surface area contributed by atoms with Gasteiger partial charge in [-0.15, -0.1) is 0 Å². The fourth-order valence-electron chi connectivity index (χ4n) is 5.03. The number of rotatable bonds is 21. The van der Waals surface area contributed by atoms with Crippen molar-refractivity contribution in [3.63, 3.8) is 0 Å². The van der Waals surface area contributed by atoms with Crippen molar-refractivity contribution in [2.75, 3.05) is 6.61 Å². The topological polar surface area (TPSA) is 65.0 Å². The lowest BCUT2D eigenvalue weighted by Gasteiger charge is -2.31. The highest BCUT2D eigenvalue weighted by Gasteiger charge is 2.33. The van der Waals surface area contributed by atoms with Gasteiger partial charge in [0.15, 0.2) is 6.29 Å². The third-order valence-corrected chi connectivity index (χ3v) is 7.16. The molecule has 0 bridgehead atoms. The number of carbonyl (C=O) groups is 1. The first kappa shape index (κ1) is 33.4. The number of unbranched alkanes of at least 4 members (excludes halogenated alkanes) is 11. The van der Waals surface area contributed by atoms with Crippen molar-refractivity contribution in [1.29, 1.82) is 0 Å². The van der Waals surface area contributed by atoms with Gasteiger partial charge in [-0.25, -0.2) is 0 Å². The van der Waals surface area contributed by atoms with Crippen LogP contribution in [0, 0.1) is 5.92 Å². The second-order valence-electron chi connectivity index (χ2n) is 12.0. The van der Waals surface area contributed by atoms with Crippen LogP contribution in [0.25, 0.3) is 0 Å². The summed E-state index contributed by atoms with van der Waals surface area (Å²) in [5.41, 5.74) is -0.555. The zero-order valence-electron chi connectivity index (χ0n) is 24.5. The van der Waals surface area contributed by atoms with E-state index in [9.17, 15) is 9.90 Å². The molecule has 1 N–H and O–H groups in total. The van der Waals surface area contributed by atoms with Crippen molar-refractivity contribution in [2.45, 2.75) is 181 Å². The Bertz CT molecular complexity index is 524. The molecule has 0 aliphatic carbocycles. The lowest BCUT2D eigenvalue weighted by atomic mass is 9.90. The van der Waals surface area contributed by atoms with Crippen molar-refractivity contribution in [3.05, 3.63) is 0 Å². The number of hydrogen-bond donors (Lipinski definition) is 1. The minimum Gasteiger partial charge on any atom is -0.460 e. The maximum absolute atomic E-state index is 13.0. The van der Waals surface area contributed by atoms with Crippen LogP contribution in [-0.2, 0) is 19.0 Å². The Hall–Kier alpha value is -0.650. The van der Waals surface area contributed by atoms with Crippen LogP contribution in [0.5, 0.6) is 0 Å². The van der Waals surface area contributed by atoms with E-state index in [1.165, 1.54) is 51.4 Å². The Morgan fingerprint density at radius 2 is 1.42 bits per heavy atom. The van der Waals surface area contributed by atoms with Crippen molar-refractivity contribution < 1.29 is 24.1 Å². The molecule has 0 aromatic heterocycles. The molecular formula is C31H60O5. The predicted octanol–water partition coefficient (Wildman–Crippen LogP) is 8.50. The van der Waals surface area contributed by atoms with Crippen molar-refractivity contribution in [3.8, 4) is 0 Å². The van der Waals surface area contributed by atoms with E-state index in [0.717, 1.165) is 64.4 Å². The molecule has 1 rings (SSSR count). The first-order chi connectivity index (χ1) is 17.3. The van der Waals surface area contributed by atoms with E-state index in [-0.39, 0.29) is 18.4 Å². The molecule has 0 aromatic rings. The molecule has 1 fully saturated rings. The number of hydrogen-bond acceptors (Lipinski definition) is 5. The molecule has 1 saturated heterocycles. The second-order valence-corrected chi connectivity index (χ2v) is 12.0. The molecule has 36 heavy (non-hydrogen) atoms. The van der Waals surface area contributed by atoms with E-state index in [4.69, 9.17) is 14.2 Å². The molecule has 0 amide bonds. The smallest absolute Gasteiger partial charge is 0.312 e. The van der Waals surface area contributed by atoms with E-state index in [1.54, 1.807) is 0 Å². The van der Waals surface area contributed by atoms with Crippen molar-refractivity contribution >= 4 is 5.97 Å². The van der Waals surface area contributed by atoms with E-state index in [1.807, 2.05) is 20.8 Å². The Labute approximate surface area is 223 Å². The Balaban J connectivity index is 2.64. The van der Waals surface area contributed by atoms with Gasteiger partial charge in [-0.05, 0) is 52.9 Å². The summed E-state index contributed by atoms with van der Waals surface area (Å²) in [5.74, 6) is -0.773. The van der Waals surface area contributed by atoms with E-state index >= 15 is 0 Å². The maximum atomic E-state index is 13.0. The summed E-state index contributed by atoms with van der Waals surface area (Å²) in [4.78, 5) is 13.0. The number of aliphatic hydroxyl groups is 1. The van der Waals surface area contributed by atoms with Gasteiger partial charge >= 0.3 is 5.97 Å². The Morgan fingerprint density at radius 1 is 0.861 bits per heavy atom. The van der Waals surface area contributed by atoms with Crippen LogP contribution in [0.1, 0.15) is 157 Å². The largest absolute Gasteiger partial charge is 0.460 e. The molecule has 1 heterocycles. The maximum Gasteiger partial charge on any atom is 0.312 e.